The SMILES string of the molecule is C=CC(=O)N1CN(C(=O)C=C)CN(C(=O)CCSCC(=O)N[C@H](C(=O)N[C@@H](CCCNC(N)=O)C(=O)Nc2ccc(COC(=O)N(CCO)CCNc3ccc(NCCNCCO)c4c3C(O)c3c(O)ccc(O)c3C4=O)cc2)C(C)C)C1. The van der Waals surface area contributed by atoms with Crippen molar-refractivity contribution in [3.8, 4) is 11.5 Å². The van der Waals surface area contributed by atoms with Crippen LogP contribution >= 0.6 is 11.8 Å². The highest BCUT2D eigenvalue weighted by Gasteiger charge is 2.38. The number of benzene rings is 3. The number of ether oxygens (including phenoxy) is 1. The largest absolute Gasteiger partial charge is 0.508 e. The van der Waals surface area contributed by atoms with Crippen molar-refractivity contribution >= 4 is 82.2 Å². The van der Waals surface area contributed by atoms with E-state index in [2.05, 4.69) is 50.4 Å². The molecule has 3 atom stereocenters. The molecule has 1 heterocycles. The lowest BCUT2D eigenvalue weighted by atomic mass is 9.80. The molecular formula is C55H74N12O15S. The fraction of sp³-hybridized carbons (Fsp3) is 0.436. The third-order valence-electron chi connectivity index (χ3n) is 13.2. The molecule has 0 spiro atoms. The minimum absolute atomic E-state index is 0.0182. The summed E-state index contributed by atoms with van der Waals surface area (Å²) in [6.45, 7) is 10.6. The van der Waals surface area contributed by atoms with Gasteiger partial charge in [0.2, 0.25) is 35.4 Å². The number of aliphatic hydroxyl groups excluding tert-OH is 3. The molecule has 28 heteroatoms. The molecular weight excluding hydrogens is 1100 g/mol. The number of hydrogen-bond donors (Lipinski definition) is 13. The number of aromatic hydroxyl groups is 2. The zero-order valence-corrected chi connectivity index (χ0v) is 47.1. The highest BCUT2D eigenvalue weighted by molar-refractivity contribution is 7.99. The van der Waals surface area contributed by atoms with Crippen LogP contribution in [0.1, 0.15) is 71.8 Å². The van der Waals surface area contributed by atoms with Crippen LogP contribution < -0.4 is 43.0 Å². The van der Waals surface area contributed by atoms with Crippen molar-refractivity contribution in [1.29, 1.82) is 0 Å². The number of aliphatic hydroxyl groups is 3. The monoisotopic (exact) mass is 1170 g/mol. The van der Waals surface area contributed by atoms with Crippen LogP contribution in [-0.2, 0) is 40.1 Å². The second kappa shape index (κ2) is 32.3. The highest BCUT2D eigenvalue weighted by atomic mass is 32.2. The molecule has 9 amide bonds. The minimum Gasteiger partial charge on any atom is -0.508 e. The first-order chi connectivity index (χ1) is 39.7. The van der Waals surface area contributed by atoms with E-state index < -0.39 is 89.7 Å². The van der Waals surface area contributed by atoms with Crippen molar-refractivity contribution in [3.05, 3.63) is 102 Å². The number of anilines is 3. The summed E-state index contributed by atoms with van der Waals surface area (Å²) >= 11 is 1.13. The van der Waals surface area contributed by atoms with Crippen LogP contribution in [-0.4, -0.2) is 201 Å². The first-order valence-corrected chi connectivity index (χ1v) is 27.9. The number of phenolic OH excluding ortho intramolecular Hbond substituents is 2. The lowest BCUT2D eigenvalue weighted by molar-refractivity contribution is -0.154. The van der Waals surface area contributed by atoms with Crippen LogP contribution in [0.15, 0.2) is 73.8 Å². The van der Waals surface area contributed by atoms with Gasteiger partial charge < -0.3 is 92.8 Å². The van der Waals surface area contributed by atoms with Crippen molar-refractivity contribution in [2.24, 2.45) is 11.7 Å². The number of fused-ring (bicyclic) bond motifs is 2. The summed E-state index contributed by atoms with van der Waals surface area (Å²) in [5.74, 6) is -4.93. The van der Waals surface area contributed by atoms with Crippen LogP contribution in [0, 0.1) is 5.92 Å². The van der Waals surface area contributed by atoms with Gasteiger partial charge in [0.1, 0.15) is 36.3 Å². The smallest absolute Gasteiger partial charge is 0.410 e. The Bertz CT molecular complexity index is 2810. The summed E-state index contributed by atoms with van der Waals surface area (Å²) in [5, 5.41) is 71.9. The number of primary amides is 1. The summed E-state index contributed by atoms with van der Waals surface area (Å²) < 4.78 is 5.58. The molecule has 1 saturated heterocycles. The Morgan fingerprint density at radius 3 is 2.06 bits per heavy atom. The number of ketones is 1. The summed E-state index contributed by atoms with van der Waals surface area (Å²) in [5.41, 5.74) is 6.45. The van der Waals surface area contributed by atoms with Gasteiger partial charge in [0.15, 0.2) is 5.78 Å². The van der Waals surface area contributed by atoms with E-state index in [1.165, 1.54) is 25.7 Å². The topological polar surface area (TPSA) is 387 Å². The van der Waals surface area contributed by atoms with Crippen LogP contribution in [0.5, 0.6) is 11.5 Å². The number of nitrogens with zero attached hydrogens (tertiary/aromatic N) is 4. The second-order valence-corrected chi connectivity index (χ2v) is 20.6. The van der Waals surface area contributed by atoms with Gasteiger partial charge in [-0.15, -0.1) is 0 Å². The van der Waals surface area contributed by atoms with Crippen LogP contribution in [0.3, 0.4) is 0 Å². The summed E-state index contributed by atoms with van der Waals surface area (Å²) in [4.78, 5) is 122. The maximum atomic E-state index is 14.0. The lowest BCUT2D eigenvalue weighted by Gasteiger charge is -2.41. The molecule has 1 aliphatic carbocycles. The average Bonchev–Trinajstić information content (AvgIpc) is 3.01. The Balaban J connectivity index is 1.15. The number of nitrogens with one attached hydrogen (secondary N) is 7. The van der Waals surface area contributed by atoms with Gasteiger partial charge in [-0.3, -0.25) is 33.6 Å². The Hall–Kier alpha value is -8.44. The normalized spacial score (nSPS) is 14.3. The van der Waals surface area contributed by atoms with Gasteiger partial charge in [0.05, 0.1) is 50.1 Å². The fourth-order valence-corrected chi connectivity index (χ4v) is 9.67. The molecule has 0 bridgehead atoms. The Morgan fingerprint density at radius 2 is 1.42 bits per heavy atom. The third-order valence-corrected chi connectivity index (χ3v) is 14.1. The standard InChI is InChI=1S/C55H74N12O15S/c1-5-42(73)65-30-66(43(74)6-2)32-67(31-65)44(75)17-27-83-29-41(72)63-49(33(3)4)53(79)62-38(8-7-18-60-54(56)80)52(78)61-35-11-9-34(10-12-35)28-82-55(81)64(24-26-69)23-21-59-37-14-13-36(58-20-19-57-22-25-68)45-46(37)51(77)48-40(71)16-15-39(70)47(48)50(45)76/h5-6,9-16,33,38,49,51,57-59,68-71,77H,1-2,7-8,17-32H2,3-4H3,(H,61,78)(H,62,79)(H,63,72)(H3,56,60,80)/t38-,49-,51?/m0/s1. The molecule has 14 N–H and O–H groups in total. The van der Waals surface area contributed by atoms with Gasteiger partial charge in [-0.2, -0.15) is 11.8 Å². The van der Waals surface area contributed by atoms with E-state index in [1.54, 1.807) is 50.2 Å². The van der Waals surface area contributed by atoms with E-state index in [-0.39, 0.29) is 118 Å². The number of nitrogens with two attached hydrogens (primary N) is 1. The molecule has 3 aromatic carbocycles. The van der Waals surface area contributed by atoms with Gasteiger partial charge in [-0.25, -0.2) is 9.59 Å². The molecule has 3 aromatic rings. The maximum absolute atomic E-state index is 14.0. The van der Waals surface area contributed by atoms with E-state index in [0.717, 1.165) is 30.0 Å². The third kappa shape index (κ3) is 18.5. The van der Waals surface area contributed by atoms with Crippen LogP contribution in [0.2, 0.25) is 0 Å². The second-order valence-electron chi connectivity index (χ2n) is 19.5. The number of carbonyl (C=O) groups is 9. The van der Waals surface area contributed by atoms with Gasteiger partial charge in [-0.1, -0.05) is 39.1 Å². The van der Waals surface area contributed by atoms with E-state index in [4.69, 9.17) is 15.6 Å². The predicted molar refractivity (Wildman–Crippen MR) is 308 cm³/mol. The predicted octanol–water partition coefficient (Wildman–Crippen LogP) is 0.641. The zero-order chi connectivity index (χ0) is 60.8. The van der Waals surface area contributed by atoms with Gasteiger partial charge in [0.25, 0.3) is 0 Å². The minimum atomic E-state index is -1.55. The number of hydrogen-bond acceptors (Lipinski definition) is 19. The Morgan fingerprint density at radius 1 is 0.771 bits per heavy atom. The zero-order valence-electron chi connectivity index (χ0n) is 46.3. The van der Waals surface area contributed by atoms with Crippen molar-refractivity contribution in [1.82, 2.24) is 40.9 Å². The van der Waals surface area contributed by atoms with E-state index in [0.29, 0.717) is 42.3 Å². The molecule has 1 aliphatic heterocycles. The van der Waals surface area contributed by atoms with E-state index in [1.807, 2.05) is 0 Å². The van der Waals surface area contributed by atoms with E-state index in [9.17, 15) is 63.6 Å². The molecule has 1 fully saturated rings. The first-order valence-electron chi connectivity index (χ1n) is 26.7. The number of urea groups is 1. The molecule has 0 radical (unpaired) electrons. The van der Waals surface area contributed by atoms with E-state index >= 15 is 0 Å². The maximum Gasteiger partial charge on any atom is 0.410 e. The quantitative estimate of drug-likeness (QED) is 0.0239. The molecule has 2 aliphatic rings. The molecule has 0 aromatic heterocycles. The van der Waals surface area contributed by atoms with Crippen LogP contribution in [0.4, 0.5) is 26.7 Å². The van der Waals surface area contributed by atoms with Crippen molar-refractivity contribution in [2.75, 3.05) is 106 Å². The Kier molecular flexibility index (Phi) is 25.4. The number of thioether (sulfide) groups is 1. The summed E-state index contributed by atoms with van der Waals surface area (Å²) in [7, 11) is 0. The Labute approximate surface area is 484 Å². The average molecular weight is 1180 g/mol. The van der Waals surface area contributed by atoms with Gasteiger partial charge in [-0.05, 0) is 72.9 Å². The van der Waals surface area contributed by atoms with Gasteiger partial charge in [0, 0.05) is 86.2 Å². The highest BCUT2D eigenvalue weighted by Crippen LogP contribution is 2.47. The lowest BCUT2D eigenvalue weighted by Crippen LogP contribution is -2.59. The number of rotatable bonds is 31. The van der Waals surface area contributed by atoms with Gasteiger partial charge >= 0.3 is 12.1 Å². The molecule has 1 unspecified atom stereocenters. The number of phenols is 2. The van der Waals surface area contributed by atoms with Crippen molar-refractivity contribution < 1.29 is 73.4 Å². The summed E-state index contributed by atoms with van der Waals surface area (Å²) in [6, 6.07) is 8.81. The molecule has 0 saturated carbocycles. The molecule has 5 rings (SSSR count). The summed E-state index contributed by atoms with van der Waals surface area (Å²) in [6.07, 6.45) is 0.0758. The van der Waals surface area contributed by atoms with Crippen molar-refractivity contribution in [3.63, 3.8) is 0 Å². The first kappa shape index (κ1) is 65.4. The number of amides is 9. The molecule has 450 valence electrons. The molecule has 83 heavy (non-hydrogen) atoms. The fourth-order valence-electron chi connectivity index (χ4n) is 8.94. The molecule has 27 nitrogen and oxygen atoms in total. The number of carbonyl (C=O) groups excluding carboxylic acids is 9. The van der Waals surface area contributed by atoms with Crippen molar-refractivity contribution in [2.45, 2.75) is 57.9 Å². The van der Waals surface area contributed by atoms with Crippen LogP contribution in [0.25, 0.3) is 0 Å².